The molecular weight excluding hydrogens is 308 g/mol. The topological polar surface area (TPSA) is 55.1 Å². The molecule has 0 bridgehead atoms. The van der Waals surface area contributed by atoms with Crippen molar-refractivity contribution < 1.29 is 4.79 Å². The molecule has 3 N–H and O–H groups in total. The van der Waals surface area contributed by atoms with E-state index in [1.807, 2.05) is 25.3 Å². The van der Waals surface area contributed by atoms with Crippen molar-refractivity contribution >= 4 is 50.4 Å². The van der Waals surface area contributed by atoms with E-state index in [0.29, 0.717) is 16.3 Å². The van der Waals surface area contributed by atoms with Crippen molar-refractivity contribution in [3.8, 4) is 0 Å². The number of nitrogens with two attached hydrogens (primary N) is 1. The number of hydrogen-bond donors (Lipinski definition) is 2. The van der Waals surface area contributed by atoms with Crippen LogP contribution in [0.5, 0.6) is 0 Å². The highest BCUT2D eigenvalue weighted by Gasteiger charge is 2.28. The second-order valence-corrected chi connectivity index (χ2v) is 5.81. The Morgan fingerprint density at radius 2 is 2.38 bits per heavy atom. The minimum atomic E-state index is -0.629. The zero-order valence-corrected chi connectivity index (χ0v) is 12.3. The zero-order chi connectivity index (χ0) is 12.3. The second kappa shape index (κ2) is 5.25. The van der Waals surface area contributed by atoms with Crippen LogP contribution >= 0.6 is 39.5 Å². The average Bonchev–Trinajstić information content (AvgIpc) is 2.64. The first-order valence-electron chi connectivity index (χ1n) is 4.76. The number of carbonyl (C=O) groups excluding carboxylic acids is 1. The van der Waals surface area contributed by atoms with Crippen LogP contribution in [0, 0.1) is 0 Å². The lowest BCUT2D eigenvalue weighted by Gasteiger charge is -2.28. The summed E-state index contributed by atoms with van der Waals surface area (Å²) in [6, 6.07) is 1.84. The van der Waals surface area contributed by atoms with Gasteiger partial charge in [0.25, 0.3) is 5.91 Å². The number of thiocarbonyl (C=S) groups is 1. The van der Waals surface area contributed by atoms with E-state index < -0.39 is 5.54 Å². The molecule has 1 amide bonds. The average molecular weight is 321 g/mol. The Labute approximate surface area is 113 Å². The van der Waals surface area contributed by atoms with Crippen molar-refractivity contribution in [1.82, 2.24) is 5.32 Å². The van der Waals surface area contributed by atoms with E-state index in [0.717, 1.165) is 4.47 Å². The summed E-state index contributed by atoms with van der Waals surface area (Å²) in [5.74, 6) is -0.154. The molecule has 1 aromatic rings. The largest absolute Gasteiger partial charge is 0.391 e. The molecule has 0 aliphatic carbocycles. The van der Waals surface area contributed by atoms with Gasteiger partial charge in [0, 0.05) is 4.47 Å². The van der Waals surface area contributed by atoms with Gasteiger partial charge in [-0.2, -0.15) is 0 Å². The fraction of sp³-hybridized carbons (Fsp3) is 0.400. The maximum absolute atomic E-state index is 12.0. The quantitative estimate of drug-likeness (QED) is 0.839. The van der Waals surface area contributed by atoms with Crippen LogP contribution in [-0.2, 0) is 0 Å². The normalized spacial score (nSPS) is 14.2. The lowest BCUT2D eigenvalue weighted by molar-refractivity contribution is 0.0930. The summed E-state index contributed by atoms with van der Waals surface area (Å²) in [6.45, 7) is 3.76. The van der Waals surface area contributed by atoms with Gasteiger partial charge >= 0.3 is 0 Å². The fourth-order valence-electron chi connectivity index (χ4n) is 1.09. The van der Waals surface area contributed by atoms with E-state index in [1.165, 1.54) is 11.3 Å². The van der Waals surface area contributed by atoms with Crippen LogP contribution < -0.4 is 11.1 Å². The molecule has 1 rings (SSSR count). The lowest BCUT2D eigenvalue weighted by atomic mass is 9.99. The zero-order valence-electron chi connectivity index (χ0n) is 9.04. The Bertz CT molecular complexity index is 419. The molecule has 88 valence electrons. The van der Waals surface area contributed by atoms with Crippen molar-refractivity contribution in [3.63, 3.8) is 0 Å². The minimum absolute atomic E-state index is 0.154. The highest BCUT2D eigenvalue weighted by molar-refractivity contribution is 9.10. The number of nitrogens with one attached hydrogen (secondary N) is 1. The highest BCUT2D eigenvalue weighted by Crippen LogP contribution is 2.23. The molecule has 0 aliphatic heterocycles. The van der Waals surface area contributed by atoms with E-state index in [4.69, 9.17) is 18.0 Å². The third-order valence-corrected chi connectivity index (χ3v) is 4.75. The first kappa shape index (κ1) is 13.6. The van der Waals surface area contributed by atoms with Gasteiger partial charge in [-0.1, -0.05) is 19.1 Å². The molecule has 0 saturated carbocycles. The van der Waals surface area contributed by atoms with E-state index >= 15 is 0 Å². The minimum Gasteiger partial charge on any atom is -0.391 e. The molecule has 1 unspecified atom stereocenters. The molecule has 16 heavy (non-hydrogen) atoms. The van der Waals surface area contributed by atoms with Crippen LogP contribution in [0.15, 0.2) is 15.9 Å². The van der Waals surface area contributed by atoms with E-state index in [2.05, 4.69) is 21.2 Å². The third-order valence-electron chi connectivity index (χ3n) is 2.46. The summed E-state index contributed by atoms with van der Waals surface area (Å²) in [7, 11) is 0. The van der Waals surface area contributed by atoms with Gasteiger partial charge in [0.05, 0.1) is 10.5 Å². The Morgan fingerprint density at radius 3 is 2.75 bits per heavy atom. The van der Waals surface area contributed by atoms with Crippen LogP contribution in [0.1, 0.15) is 29.9 Å². The van der Waals surface area contributed by atoms with Crippen LogP contribution in [0.3, 0.4) is 0 Å². The molecule has 0 aliphatic rings. The molecule has 0 aromatic carbocycles. The molecule has 0 radical (unpaired) electrons. The number of hydrogen-bond acceptors (Lipinski definition) is 3. The molecule has 0 spiro atoms. The number of carbonyl (C=O) groups is 1. The van der Waals surface area contributed by atoms with Gasteiger partial charge in [-0.25, -0.2) is 0 Å². The van der Waals surface area contributed by atoms with Crippen molar-refractivity contribution in [1.29, 1.82) is 0 Å². The van der Waals surface area contributed by atoms with E-state index in [1.54, 1.807) is 0 Å². The van der Waals surface area contributed by atoms with Gasteiger partial charge in [-0.3, -0.25) is 4.79 Å². The molecule has 6 heteroatoms. The van der Waals surface area contributed by atoms with Crippen molar-refractivity contribution in [2.75, 3.05) is 0 Å². The van der Waals surface area contributed by atoms with Crippen molar-refractivity contribution in [2.24, 2.45) is 5.73 Å². The van der Waals surface area contributed by atoms with E-state index in [-0.39, 0.29) is 5.91 Å². The Balaban J connectivity index is 2.86. The monoisotopic (exact) mass is 320 g/mol. The summed E-state index contributed by atoms with van der Waals surface area (Å²) in [6.07, 6.45) is 0.664. The molecule has 0 saturated heterocycles. The summed E-state index contributed by atoms with van der Waals surface area (Å²) in [5.41, 5.74) is 5.00. The van der Waals surface area contributed by atoms with Gasteiger partial charge in [0.1, 0.15) is 4.88 Å². The van der Waals surface area contributed by atoms with Crippen LogP contribution in [-0.4, -0.2) is 16.4 Å². The molecular formula is C10H13BrN2OS2. The lowest BCUT2D eigenvalue weighted by Crippen LogP contribution is -2.53. The van der Waals surface area contributed by atoms with Crippen LogP contribution in [0.25, 0.3) is 0 Å². The molecule has 3 nitrogen and oxygen atoms in total. The summed E-state index contributed by atoms with van der Waals surface area (Å²) in [4.78, 5) is 12.9. The predicted octanol–water partition coefficient (Wildman–Crippen LogP) is 2.70. The maximum atomic E-state index is 12.0. The van der Waals surface area contributed by atoms with Gasteiger partial charge in [0.2, 0.25) is 0 Å². The maximum Gasteiger partial charge on any atom is 0.263 e. The first-order chi connectivity index (χ1) is 7.40. The molecule has 1 atom stereocenters. The van der Waals surface area contributed by atoms with Gasteiger partial charge in [-0.15, -0.1) is 11.3 Å². The fourth-order valence-corrected chi connectivity index (χ4v) is 2.73. The summed E-state index contributed by atoms with van der Waals surface area (Å²) < 4.78 is 0.788. The predicted molar refractivity (Wildman–Crippen MR) is 75.0 cm³/mol. The Morgan fingerprint density at radius 1 is 1.75 bits per heavy atom. The van der Waals surface area contributed by atoms with Gasteiger partial charge < -0.3 is 11.1 Å². The number of thiophene rings is 1. The Hall–Kier alpha value is -0.460. The van der Waals surface area contributed by atoms with Crippen LogP contribution in [0.4, 0.5) is 0 Å². The smallest absolute Gasteiger partial charge is 0.263 e. The third kappa shape index (κ3) is 2.81. The summed E-state index contributed by atoms with van der Waals surface area (Å²) in [5, 5.41) is 4.71. The number of halogens is 1. The first-order valence-corrected chi connectivity index (χ1v) is 6.84. The Kier molecular flexibility index (Phi) is 4.46. The van der Waals surface area contributed by atoms with Crippen LogP contribution in [0.2, 0.25) is 0 Å². The van der Waals surface area contributed by atoms with E-state index in [9.17, 15) is 4.79 Å². The number of amides is 1. The van der Waals surface area contributed by atoms with Gasteiger partial charge in [-0.05, 0) is 40.7 Å². The molecule has 1 aromatic heterocycles. The van der Waals surface area contributed by atoms with Gasteiger partial charge in [0.15, 0.2) is 0 Å². The SMILES string of the molecule is CCC(C)(NC(=O)c1sccc1Br)C(N)=S. The molecule has 1 heterocycles. The molecule has 0 fully saturated rings. The summed E-state index contributed by atoms with van der Waals surface area (Å²) >= 11 is 9.66. The van der Waals surface area contributed by atoms with Crippen molar-refractivity contribution in [3.05, 3.63) is 20.8 Å². The number of rotatable bonds is 4. The highest BCUT2D eigenvalue weighted by atomic mass is 79.9. The van der Waals surface area contributed by atoms with Crippen molar-refractivity contribution in [2.45, 2.75) is 25.8 Å². The standard InChI is InChI=1S/C10H13BrN2OS2/c1-3-10(2,9(12)15)13-8(14)7-6(11)4-5-16-7/h4-5H,3H2,1-2H3,(H2,12,15)(H,13,14). The second-order valence-electron chi connectivity index (χ2n) is 3.60.